The summed E-state index contributed by atoms with van der Waals surface area (Å²) in [7, 11) is 0. The topological polar surface area (TPSA) is 33.2 Å². The van der Waals surface area contributed by atoms with Crippen molar-refractivity contribution in [1.82, 2.24) is 9.88 Å². The van der Waals surface area contributed by atoms with Crippen molar-refractivity contribution >= 4 is 40.9 Å². The molecule has 0 saturated heterocycles. The highest BCUT2D eigenvalue weighted by Crippen LogP contribution is 2.35. The molecule has 2 aromatic rings. The van der Waals surface area contributed by atoms with Gasteiger partial charge >= 0.3 is 0 Å². The summed E-state index contributed by atoms with van der Waals surface area (Å²) in [6, 6.07) is 7.33. The van der Waals surface area contributed by atoms with Gasteiger partial charge in [0.15, 0.2) is 0 Å². The van der Waals surface area contributed by atoms with Crippen molar-refractivity contribution in [3.8, 4) is 0 Å². The molecular formula is C17H18Cl2N2OS. The highest BCUT2D eigenvalue weighted by atomic mass is 35.5. The number of carbonyl (C=O) groups excluding carboxylic acids is 1. The summed E-state index contributed by atoms with van der Waals surface area (Å²) in [5, 5.41) is 1.26. The molecule has 122 valence electrons. The number of nitrogens with zero attached hydrogens (tertiary/aromatic N) is 2. The molecule has 0 aliphatic rings. The van der Waals surface area contributed by atoms with Gasteiger partial charge in [0, 0.05) is 36.1 Å². The Morgan fingerprint density at radius 2 is 1.83 bits per heavy atom. The minimum Gasteiger partial charge on any atom is -0.339 e. The number of hydrogen-bond donors (Lipinski definition) is 0. The molecule has 3 nitrogen and oxygen atoms in total. The SMILES string of the molecule is CCN(CC)C(=O)c1cncc(CSc2c(Cl)cccc2Cl)c1. The van der Waals surface area contributed by atoms with Crippen molar-refractivity contribution < 1.29 is 4.79 Å². The van der Waals surface area contributed by atoms with Gasteiger partial charge in [-0.1, -0.05) is 29.3 Å². The minimum atomic E-state index is 0.00475. The van der Waals surface area contributed by atoms with Crippen molar-refractivity contribution in [2.45, 2.75) is 24.5 Å². The lowest BCUT2D eigenvalue weighted by molar-refractivity contribution is 0.0772. The fourth-order valence-electron chi connectivity index (χ4n) is 2.15. The molecular weight excluding hydrogens is 351 g/mol. The predicted molar refractivity (Wildman–Crippen MR) is 97.5 cm³/mol. The Balaban J connectivity index is 2.13. The normalized spacial score (nSPS) is 10.6. The van der Waals surface area contributed by atoms with Crippen LogP contribution in [0.1, 0.15) is 29.8 Å². The highest BCUT2D eigenvalue weighted by molar-refractivity contribution is 7.98. The van der Waals surface area contributed by atoms with Crippen LogP contribution in [0.5, 0.6) is 0 Å². The van der Waals surface area contributed by atoms with Crippen LogP contribution in [0.25, 0.3) is 0 Å². The van der Waals surface area contributed by atoms with Crippen LogP contribution >= 0.6 is 35.0 Å². The Labute approximate surface area is 151 Å². The number of hydrogen-bond acceptors (Lipinski definition) is 3. The zero-order valence-electron chi connectivity index (χ0n) is 13.1. The Morgan fingerprint density at radius 1 is 1.17 bits per heavy atom. The molecule has 23 heavy (non-hydrogen) atoms. The number of rotatable bonds is 6. The van der Waals surface area contributed by atoms with Gasteiger partial charge in [-0.25, -0.2) is 0 Å². The smallest absolute Gasteiger partial charge is 0.255 e. The van der Waals surface area contributed by atoms with Crippen LogP contribution in [0.15, 0.2) is 41.6 Å². The lowest BCUT2D eigenvalue weighted by Gasteiger charge is -2.18. The first kappa shape index (κ1) is 18.1. The summed E-state index contributed by atoms with van der Waals surface area (Å²) in [6.07, 6.45) is 3.37. The Hall–Kier alpha value is -1.23. The molecule has 0 unspecified atom stereocenters. The molecule has 0 radical (unpaired) electrons. The van der Waals surface area contributed by atoms with E-state index in [1.54, 1.807) is 17.3 Å². The molecule has 0 aliphatic heterocycles. The van der Waals surface area contributed by atoms with Crippen LogP contribution in [-0.4, -0.2) is 28.9 Å². The van der Waals surface area contributed by atoms with Crippen LogP contribution in [0, 0.1) is 0 Å². The van der Waals surface area contributed by atoms with E-state index in [0.717, 1.165) is 10.5 Å². The summed E-state index contributed by atoms with van der Waals surface area (Å²) in [5.41, 5.74) is 1.57. The molecule has 0 spiro atoms. The number of benzene rings is 1. The standard InChI is InChI=1S/C17H18Cl2N2OS/c1-3-21(4-2)17(22)13-8-12(9-20-10-13)11-23-16-14(18)6-5-7-15(16)19/h5-10H,3-4,11H2,1-2H3. The molecule has 1 amide bonds. The van der Waals surface area contributed by atoms with E-state index < -0.39 is 0 Å². The van der Waals surface area contributed by atoms with Gasteiger partial charge in [-0.15, -0.1) is 11.8 Å². The second-order valence-corrected chi connectivity index (χ2v) is 6.70. The maximum absolute atomic E-state index is 12.4. The first-order valence-corrected chi connectivity index (χ1v) is 9.11. The average Bonchev–Trinajstić information content (AvgIpc) is 2.55. The van der Waals surface area contributed by atoms with E-state index in [9.17, 15) is 4.79 Å². The highest BCUT2D eigenvalue weighted by Gasteiger charge is 2.13. The van der Waals surface area contributed by atoms with E-state index in [1.807, 2.05) is 38.1 Å². The third kappa shape index (κ3) is 4.63. The summed E-state index contributed by atoms with van der Waals surface area (Å²) >= 11 is 13.9. The molecule has 0 atom stereocenters. The number of pyridine rings is 1. The van der Waals surface area contributed by atoms with E-state index >= 15 is 0 Å². The van der Waals surface area contributed by atoms with Gasteiger partial charge in [-0.3, -0.25) is 9.78 Å². The molecule has 0 fully saturated rings. The molecule has 6 heteroatoms. The van der Waals surface area contributed by atoms with Gasteiger partial charge in [0.2, 0.25) is 0 Å². The maximum Gasteiger partial charge on any atom is 0.255 e. The summed E-state index contributed by atoms with van der Waals surface area (Å²) in [4.78, 5) is 19.2. The van der Waals surface area contributed by atoms with Gasteiger partial charge in [0.1, 0.15) is 0 Å². The maximum atomic E-state index is 12.4. The van der Waals surface area contributed by atoms with Crippen LogP contribution < -0.4 is 0 Å². The number of amides is 1. The minimum absolute atomic E-state index is 0.00475. The van der Waals surface area contributed by atoms with Crippen LogP contribution in [0.2, 0.25) is 10.0 Å². The summed E-state index contributed by atoms with van der Waals surface area (Å²) in [5.74, 6) is 0.653. The predicted octanol–water partition coefficient (Wildman–Crippen LogP) is 5.16. The van der Waals surface area contributed by atoms with Gasteiger partial charge in [-0.2, -0.15) is 0 Å². The van der Waals surface area contributed by atoms with E-state index in [2.05, 4.69) is 4.98 Å². The number of halogens is 2. The van der Waals surface area contributed by atoms with Crippen molar-refractivity contribution in [2.75, 3.05) is 13.1 Å². The van der Waals surface area contributed by atoms with Crippen LogP contribution in [0.4, 0.5) is 0 Å². The van der Waals surface area contributed by atoms with Gasteiger partial charge in [0.05, 0.1) is 15.6 Å². The zero-order valence-corrected chi connectivity index (χ0v) is 15.4. The zero-order chi connectivity index (χ0) is 16.8. The van der Waals surface area contributed by atoms with E-state index in [4.69, 9.17) is 23.2 Å². The van der Waals surface area contributed by atoms with E-state index in [-0.39, 0.29) is 5.91 Å². The molecule has 0 bridgehead atoms. The molecule has 1 aromatic heterocycles. The Kier molecular flexibility index (Phi) is 6.75. The monoisotopic (exact) mass is 368 g/mol. The number of thioether (sulfide) groups is 1. The molecule has 0 saturated carbocycles. The van der Waals surface area contributed by atoms with Gasteiger partial charge < -0.3 is 4.90 Å². The molecule has 0 aliphatic carbocycles. The Bertz CT molecular complexity index is 670. The Morgan fingerprint density at radius 3 is 2.43 bits per heavy atom. The van der Waals surface area contributed by atoms with Crippen LogP contribution in [-0.2, 0) is 5.75 Å². The second-order valence-electron chi connectivity index (χ2n) is 4.90. The summed E-state index contributed by atoms with van der Waals surface area (Å²) in [6.45, 7) is 5.30. The van der Waals surface area contributed by atoms with Crippen molar-refractivity contribution in [2.24, 2.45) is 0 Å². The fourth-order valence-corrected chi connectivity index (χ4v) is 3.76. The first-order chi connectivity index (χ1) is 11.1. The van der Waals surface area contributed by atoms with Crippen LogP contribution in [0.3, 0.4) is 0 Å². The third-order valence-electron chi connectivity index (χ3n) is 3.39. The molecule has 0 N–H and O–H groups in total. The lowest BCUT2D eigenvalue weighted by Crippen LogP contribution is -2.30. The first-order valence-electron chi connectivity index (χ1n) is 7.36. The average molecular weight is 369 g/mol. The largest absolute Gasteiger partial charge is 0.339 e. The fraction of sp³-hybridized carbons (Fsp3) is 0.294. The van der Waals surface area contributed by atoms with Gasteiger partial charge in [0.25, 0.3) is 5.91 Å². The molecule has 1 heterocycles. The van der Waals surface area contributed by atoms with Crippen molar-refractivity contribution in [3.63, 3.8) is 0 Å². The third-order valence-corrected chi connectivity index (χ3v) is 5.45. The van der Waals surface area contributed by atoms with Crippen molar-refractivity contribution in [3.05, 3.63) is 57.8 Å². The van der Waals surface area contributed by atoms with Gasteiger partial charge in [-0.05, 0) is 37.6 Å². The van der Waals surface area contributed by atoms with E-state index in [1.165, 1.54) is 11.8 Å². The molecule has 1 aromatic carbocycles. The second kappa shape index (κ2) is 8.57. The number of carbonyl (C=O) groups is 1. The van der Waals surface area contributed by atoms with Crippen molar-refractivity contribution in [1.29, 1.82) is 0 Å². The quantitative estimate of drug-likeness (QED) is 0.659. The number of aromatic nitrogens is 1. The molecule has 2 rings (SSSR count). The summed E-state index contributed by atoms with van der Waals surface area (Å²) < 4.78 is 0. The van der Waals surface area contributed by atoms with E-state index in [0.29, 0.717) is 34.5 Å². The lowest BCUT2D eigenvalue weighted by atomic mass is 10.2.